The summed E-state index contributed by atoms with van der Waals surface area (Å²) < 4.78 is 12.6. The molecule has 0 aliphatic rings. The van der Waals surface area contributed by atoms with Crippen LogP contribution in [0.4, 0.5) is 4.39 Å². The van der Waals surface area contributed by atoms with Crippen molar-refractivity contribution in [3.05, 3.63) is 71.8 Å². The molecule has 1 N–H and O–H groups in total. The number of benzene rings is 2. The van der Waals surface area contributed by atoms with Gasteiger partial charge in [0.05, 0.1) is 0 Å². The van der Waals surface area contributed by atoms with Crippen molar-refractivity contribution < 1.29 is 21.7 Å². The van der Waals surface area contributed by atoms with Gasteiger partial charge in [-0.1, -0.05) is 60.7 Å². The lowest BCUT2D eigenvalue weighted by molar-refractivity contribution is -0.927. The van der Waals surface area contributed by atoms with Crippen molar-refractivity contribution in [2.75, 3.05) is 13.2 Å². The lowest BCUT2D eigenvalue weighted by Crippen LogP contribution is -3.09. The number of nitrogens with one attached hydrogen (secondary N) is 1. The first-order valence-corrected chi connectivity index (χ1v) is 6.36. The molecule has 0 unspecified atom stereocenters. The summed E-state index contributed by atoms with van der Waals surface area (Å²) in [5.74, 6) is 0. The molecule has 0 aliphatic carbocycles. The lowest BCUT2D eigenvalue weighted by Gasteiger charge is -2.18. The van der Waals surface area contributed by atoms with E-state index in [9.17, 15) is 4.39 Å². The monoisotopic (exact) mass is 279 g/mol. The molecule has 0 fully saturated rings. The molecule has 2 aromatic rings. The van der Waals surface area contributed by atoms with Crippen molar-refractivity contribution in [3.8, 4) is 0 Å². The summed E-state index contributed by atoms with van der Waals surface area (Å²) in [4.78, 5) is 1.26. The smallest absolute Gasteiger partial charge is 0.138 e. The predicted molar refractivity (Wildman–Crippen MR) is 72.1 cm³/mol. The number of quaternary nitrogens is 1. The molecule has 0 spiro atoms. The van der Waals surface area contributed by atoms with E-state index in [1.54, 1.807) is 0 Å². The van der Waals surface area contributed by atoms with Gasteiger partial charge in [-0.05, 0) is 0 Å². The van der Waals surface area contributed by atoms with Gasteiger partial charge in [0.1, 0.15) is 26.3 Å². The molecule has 1 nitrogen and oxygen atoms in total. The Bertz CT molecular complexity index is 405. The van der Waals surface area contributed by atoms with Gasteiger partial charge in [-0.3, -0.25) is 0 Å². The van der Waals surface area contributed by atoms with Crippen LogP contribution in [0, 0.1) is 0 Å². The normalized spacial score (nSPS) is 10.2. The minimum absolute atomic E-state index is 0. The van der Waals surface area contributed by atoms with Crippen LogP contribution in [-0.2, 0) is 13.1 Å². The van der Waals surface area contributed by atoms with E-state index < -0.39 is 0 Å². The molecule has 0 heterocycles. The topological polar surface area (TPSA) is 4.44 Å². The van der Waals surface area contributed by atoms with Gasteiger partial charge >= 0.3 is 0 Å². The molecule has 0 atom stereocenters. The third-order valence-corrected chi connectivity index (χ3v) is 3.04. The standard InChI is InChI=1S/C16H18FN.ClH/c17-11-12-18(13-15-7-3-1-4-8-15)14-16-9-5-2-6-10-16;/h1-10H,11-14H2;1H. The van der Waals surface area contributed by atoms with Gasteiger partial charge in [-0.2, -0.15) is 0 Å². The number of hydrogen-bond acceptors (Lipinski definition) is 0. The van der Waals surface area contributed by atoms with Gasteiger partial charge in [-0.15, -0.1) is 0 Å². The molecule has 0 saturated heterocycles. The van der Waals surface area contributed by atoms with Gasteiger partial charge in [0, 0.05) is 11.1 Å². The van der Waals surface area contributed by atoms with E-state index in [1.165, 1.54) is 16.0 Å². The first-order valence-electron chi connectivity index (χ1n) is 6.36. The first kappa shape index (κ1) is 15.7. The molecule has 0 saturated carbocycles. The fourth-order valence-corrected chi connectivity index (χ4v) is 2.14. The molecule has 0 aliphatic heterocycles. The van der Waals surface area contributed by atoms with Gasteiger partial charge in [-0.25, -0.2) is 4.39 Å². The van der Waals surface area contributed by atoms with Crippen LogP contribution in [-0.4, -0.2) is 13.2 Å². The van der Waals surface area contributed by atoms with Gasteiger partial charge < -0.3 is 17.3 Å². The maximum Gasteiger partial charge on any atom is 0.138 e. The second kappa shape index (κ2) is 8.68. The van der Waals surface area contributed by atoms with Crippen LogP contribution in [0.15, 0.2) is 60.7 Å². The molecule has 3 heteroatoms. The van der Waals surface area contributed by atoms with Crippen molar-refractivity contribution in [2.45, 2.75) is 13.1 Å². The SMILES string of the molecule is FCC[NH+](Cc1ccccc1)Cc1ccccc1.[Cl-]. The highest BCUT2D eigenvalue weighted by Crippen LogP contribution is 1.98. The Balaban J connectivity index is 0.00000180. The number of hydrogen-bond donors (Lipinski definition) is 1. The average Bonchev–Trinajstić information content (AvgIpc) is 2.41. The second-order valence-electron chi connectivity index (χ2n) is 4.51. The molecule has 0 amide bonds. The van der Waals surface area contributed by atoms with E-state index in [4.69, 9.17) is 0 Å². The van der Waals surface area contributed by atoms with E-state index in [2.05, 4.69) is 24.3 Å². The maximum atomic E-state index is 12.6. The molecular formula is C16H19ClFN. The Labute approximate surface area is 120 Å². The highest BCUT2D eigenvalue weighted by atomic mass is 35.5. The van der Waals surface area contributed by atoms with Crippen molar-refractivity contribution in [3.63, 3.8) is 0 Å². The van der Waals surface area contributed by atoms with E-state index in [0.717, 1.165) is 13.1 Å². The molecular weight excluding hydrogens is 261 g/mol. The third-order valence-electron chi connectivity index (χ3n) is 3.04. The molecule has 0 bridgehead atoms. The molecule has 0 aromatic heterocycles. The maximum absolute atomic E-state index is 12.6. The predicted octanol–water partition coefficient (Wildman–Crippen LogP) is -0.755. The molecule has 102 valence electrons. The quantitative estimate of drug-likeness (QED) is 0.710. The Hall–Kier alpha value is -1.38. The highest BCUT2D eigenvalue weighted by molar-refractivity contribution is 5.14. The van der Waals surface area contributed by atoms with Crippen molar-refractivity contribution >= 4 is 0 Å². The van der Waals surface area contributed by atoms with Gasteiger partial charge in [0.25, 0.3) is 0 Å². The van der Waals surface area contributed by atoms with E-state index >= 15 is 0 Å². The number of halogens is 2. The van der Waals surface area contributed by atoms with Crippen LogP contribution in [0.5, 0.6) is 0 Å². The van der Waals surface area contributed by atoms with Crippen LogP contribution in [0.3, 0.4) is 0 Å². The summed E-state index contributed by atoms with van der Waals surface area (Å²) in [6.07, 6.45) is 0. The Kier molecular flexibility index (Phi) is 7.16. The van der Waals surface area contributed by atoms with Crippen molar-refractivity contribution in [1.29, 1.82) is 0 Å². The van der Waals surface area contributed by atoms with Crippen molar-refractivity contribution in [1.82, 2.24) is 0 Å². The largest absolute Gasteiger partial charge is 1.00 e. The summed E-state index contributed by atoms with van der Waals surface area (Å²) in [6.45, 7) is 2.04. The van der Waals surface area contributed by atoms with Gasteiger partial charge in [0.2, 0.25) is 0 Å². The molecule has 2 aromatic carbocycles. The summed E-state index contributed by atoms with van der Waals surface area (Å²) in [5, 5.41) is 0. The first-order chi connectivity index (χ1) is 8.88. The summed E-state index contributed by atoms with van der Waals surface area (Å²) in [5.41, 5.74) is 2.52. The van der Waals surface area contributed by atoms with Crippen LogP contribution in [0.25, 0.3) is 0 Å². The fourth-order valence-electron chi connectivity index (χ4n) is 2.14. The Morgan fingerprint density at radius 2 is 1.16 bits per heavy atom. The Morgan fingerprint density at radius 3 is 1.53 bits per heavy atom. The zero-order valence-corrected chi connectivity index (χ0v) is 11.6. The highest BCUT2D eigenvalue weighted by Gasteiger charge is 2.09. The molecule has 0 radical (unpaired) electrons. The van der Waals surface area contributed by atoms with E-state index in [-0.39, 0.29) is 19.1 Å². The van der Waals surface area contributed by atoms with Crippen molar-refractivity contribution in [2.24, 2.45) is 0 Å². The van der Waals surface area contributed by atoms with E-state index in [1.807, 2.05) is 36.4 Å². The molecule has 2 rings (SSSR count). The second-order valence-corrected chi connectivity index (χ2v) is 4.51. The minimum atomic E-state index is -0.269. The van der Waals surface area contributed by atoms with Crippen LogP contribution in [0.1, 0.15) is 11.1 Å². The van der Waals surface area contributed by atoms with Crippen LogP contribution < -0.4 is 17.3 Å². The number of rotatable bonds is 6. The third kappa shape index (κ3) is 5.41. The lowest BCUT2D eigenvalue weighted by atomic mass is 10.1. The average molecular weight is 280 g/mol. The summed E-state index contributed by atoms with van der Waals surface area (Å²) in [6, 6.07) is 20.6. The van der Waals surface area contributed by atoms with Crippen LogP contribution in [0.2, 0.25) is 0 Å². The van der Waals surface area contributed by atoms with E-state index in [0.29, 0.717) is 6.54 Å². The number of alkyl halides is 1. The summed E-state index contributed by atoms with van der Waals surface area (Å²) in [7, 11) is 0. The minimum Gasteiger partial charge on any atom is -1.00 e. The van der Waals surface area contributed by atoms with Crippen LogP contribution >= 0.6 is 0 Å². The zero-order chi connectivity index (χ0) is 12.6. The zero-order valence-electron chi connectivity index (χ0n) is 10.9. The van der Waals surface area contributed by atoms with Gasteiger partial charge in [0.15, 0.2) is 0 Å². The molecule has 19 heavy (non-hydrogen) atoms. The fraction of sp³-hybridized carbons (Fsp3) is 0.250. The Morgan fingerprint density at radius 1 is 0.737 bits per heavy atom. The summed E-state index contributed by atoms with van der Waals surface area (Å²) >= 11 is 0.